The highest BCUT2D eigenvalue weighted by molar-refractivity contribution is 5.91. The third-order valence-corrected chi connectivity index (χ3v) is 0.943. The molecule has 0 aliphatic rings. The summed E-state index contributed by atoms with van der Waals surface area (Å²) in [5.74, 6) is -0.403. The first-order valence-corrected chi connectivity index (χ1v) is 2.90. The maximum absolute atomic E-state index is 10.4. The topological polar surface area (TPSA) is 55.1 Å². The predicted molar refractivity (Wildman–Crippen MR) is 36.6 cm³/mol. The van der Waals surface area contributed by atoms with Gasteiger partial charge in [-0.05, 0) is 6.42 Å². The van der Waals surface area contributed by atoms with E-state index in [1.807, 2.05) is 6.92 Å². The number of carbonyl (C=O) groups is 1. The summed E-state index contributed by atoms with van der Waals surface area (Å²) in [6.07, 6.45) is 2.57. The number of hydrogen-bond donors (Lipinski definition) is 2. The first-order chi connectivity index (χ1) is 4.22. The number of allylic oxidation sites excluding steroid dienone is 1. The summed E-state index contributed by atoms with van der Waals surface area (Å²) in [5.41, 5.74) is 5.45. The molecule has 1 amide bonds. The number of rotatable bonds is 3. The van der Waals surface area contributed by atoms with E-state index in [2.05, 4.69) is 5.32 Å². The molecular weight excluding hydrogens is 116 g/mol. The summed E-state index contributed by atoms with van der Waals surface area (Å²) >= 11 is 0. The third kappa shape index (κ3) is 2.74. The van der Waals surface area contributed by atoms with Gasteiger partial charge < -0.3 is 11.1 Å². The van der Waals surface area contributed by atoms with E-state index >= 15 is 0 Å². The zero-order chi connectivity index (χ0) is 7.28. The van der Waals surface area contributed by atoms with E-state index in [1.54, 1.807) is 13.1 Å². The molecule has 0 aromatic carbocycles. The minimum absolute atomic E-state index is 0.403. The van der Waals surface area contributed by atoms with Gasteiger partial charge in [-0.15, -0.1) is 0 Å². The van der Waals surface area contributed by atoms with Crippen LogP contribution in [0.25, 0.3) is 0 Å². The molecule has 0 aliphatic heterocycles. The first kappa shape index (κ1) is 8.01. The normalized spacial score (nSPS) is 11.1. The summed E-state index contributed by atoms with van der Waals surface area (Å²) in [6, 6.07) is 0. The van der Waals surface area contributed by atoms with E-state index in [4.69, 9.17) is 5.73 Å². The van der Waals surface area contributed by atoms with Gasteiger partial charge in [0, 0.05) is 7.05 Å². The molecular formula is C6H12N2O. The second-order valence-electron chi connectivity index (χ2n) is 1.64. The minimum atomic E-state index is -0.403. The Morgan fingerprint density at radius 2 is 2.33 bits per heavy atom. The number of nitrogens with one attached hydrogen (secondary N) is 1. The van der Waals surface area contributed by atoms with Crippen molar-refractivity contribution in [3.8, 4) is 0 Å². The van der Waals surface area contributed by atoms with Gasteiger partial charge in [-0.2, -0.15) is 0 Å². The maximum Gasteiger partial charge on any atom is 0.264 e. The molecule has 0 aromatic heterocycles. The third-order valence-electron chi connectivity index (χ3n) is 0.943. The lowest BCUT2D eigenvalue weighted by Gasteiger charge is -1.98. The van der Waals surface area contributed by atoms with Crippen LogP contribution in [0.4, 0.5) is 0 Å². The number of amides is 1. The summed E-state index contributed by atoms with van der Waals surface area (Å²) in [6.45, 7) is 1.94. The molecule has 9 heavy (non-hydrogen) atoms. The Morgan fingerprint density at radius 3 is 2.44 bits per heavy atom. The quantitative estimate of drug-likeness (QED) is 0.525. The molecule has 3 N–H and O–H groups in total. The van der Waals surface area contributed by atoms with Crippen LogP contribution in [0.3, 0.4) is 0 Å². The molecule has 0 spiro atoms. The average Bonchev–Trinajstić information content (AvgIpc) is 1.82. The van der Waals surface area contributed by atoms with Crippen LogP contribution in [0.1, 0.15) is 13.3 Å². The van der Waals surface area contributed by atoms with Crippen molar-refractivity contribution < 1.29 is 4.79 Å². The summed E-state index contributed by atoms with van der Waals surface area (Å²) in [7, 11) is 1.67. The molecule has 3 heteroatoms. The molecule has 0 unspecified atom stereocenters. The van der Waals surface area contributed by atoms with Gasteiger partial charge in [-0.1, -0.05) is 13.0 Å². The van der Waals surface area contributed by atoms with Gasteiger partial charge in [-0.3, -0.25) is 4.79 Å². The SMILES string of the molecule is CC/C=C(\NC)C(N)=O. The van der Waals surface area contributed by atoms with Crippen molar-refractivity contribution in [2.24, 2.45) is 5.73 Å². The van der Waals surface area contributed by atoms with Crippen LogP contribution in [-0.4, -0.2) is 13.0 Å². The lowest BCUT2D eigenvalue weighted by molar-refractivity contribution is -0.114. The summed E-state index contributed by atoms with van der Waals surface area (Å²) in [4.78, 5) is 10.4. The fourth-order valence-corrected chi connectivity index (χ4v) is 0.530. The van der Waals surface area contributed by atoms with E-state index in [9.17, 15) is 4.79 Å². The number of hydrogen-bond acceptors (Lipinski definition) is 2. The van der Waals surface area contributed by atoms with Crippen LogP contribution in [0.2, 0.25) is 0 Å². The fourth-order valence-electron chi connectivity index (χ4n) is 0.530. The standard InChI is InChI=1S/C6H12N2O/c1-3-4-5(8-2)6(7)9/h4,8H,3H2,1-2H3,(H2,7,9)/b5-4-. The Balaban J connectivity index is 3.98. The van der Waals surface area contributed by atoms with Crippen molar-refractivity contribution in [2.45, 2.75) is 13.3 Å². The zero-order valence-electron chi connectivity index (χ0n) is 5.77. The van der Waals surface area contributed by atoms with Crippen molar-refractivity contribution in [2.75, 3.05) is 7.05 Å². The number of likely N-dealkylation sites (N-methyl/N-ethyl adjacent to an activating group) is 1. The van der Waals surface area contributed by atoms with Gasteiger partial charge in [0.25, 0.3) is 5.91 Å². The molecule has 0 aliphatic carbocycles. The van der Waals surface area contributed by atoms with Crippen LogP contribution in [-0.2, 0) is 4.79 Å². The highest BCUT2D eigenvalue weighted by Crippen LogP contribution is 1.87. The Morgan fingerprint density at radius 1 is 1.78 bits per heavy atom. The summed E-state index contributed by atoms with van der Waals surface area (Å²) in [5, 5.41) is 2.69. The Bertz CT molecular complexity index is 129. The average molecular weight is 128 g/mol. The van der Waals surface area contributed by atoms with E-state index in [0.29, 0.717) is 5.70 Å². The summed E-state index contributed by atoms with van der Waals surface area (Å²) < 4.78 is 0. The second kappa shape index (κ2) is 3.95. The van der Waals surface area contributed by atoms with Gasteiger partial charge in [0.1, 0.15) is 0 Å². The van der Waals surface area contributed by atoms with Crippen LogP contribution < -0.4 is 11.1 Å². The number of primary amides is 1. The van der Waals surface area contributed by atoms with Crippen molar-refractivity contribution >= 4 is 5.91 Å². The second-order valence-corrected chi connectivity index (χ2v) is 1.64. The van der Waals surface area contributed by atoms with Crippen molar-refractivity contribution in [3.05, 3.63) is 11.8 Å². The molecule has 52 valence electrons. The molecule has 0 heterocycles. The molecule has 3 nitrogen and oxygen atoms in total. The van der Waals surface area contributed by atoms with Gasteiger partial charge in [-0.25, -0.2) is 0 Å². The van der Waals surface area contributed by atoms with E-state index < -0.39 is 5.91 Å². The Hall–Kier alpha value is -0.990. The lowest BCUT2D eigenvalue weighted by Crippen LogP contribution is -2.23. The minimum Gasteiger partial charge on any atom is -0.384 e. The molecule has 0 rings (SSSR count). The van der Waals surface area contributed by atoms with E-state index in [-0.39, 0.29) is 0 Å². The monoisotopic (exact) mass is 128 g/mol. The number of carbonyl (C=O) groups excluding carboxylic acids is 1. The van der Waals surface area contributed by atoms with Gasteiger partial charge in [0.05, 0.1) is 5.70 Å². The molecule has 0 atom stereocenters. The zero-order valence-corrected chi connectivity index (χ0v) is 5.77. The van der Waals surface area contributed by atoms with Gasteiger partial charge >= 0.3 is 0 Å². The predicted octanol–water partition coefficient (Wildman–Crippen LogP) is -0.0150. The van der Waals surface area contributed by atoms with Gasteiger partial charge in [0.15, 0.2) is 0 Å². The Kier molecular flexibility index (Phi) is 3.51. The molecule has 0 fully saturated rings. The van der Waals surface area contributed by atoms with Gasteiger partial charge in [0.2, 0.25) is 0 Å². The van der Waals surface area contributed by atoms with Crippen LogP contribution in [0, 0.1) is 0 Å². The molecule has 0 saturated heterocycles. The molecule has 0 saturated carbocycles. The fraction of sp³-hybridized carbons (Fsp3) is 0.500. The highest BCUT2D eigenvalue weighted by Gasteiger charge is 1.97. The smallest absolute Gasteiger partial charge is 0.264 e. The van der Waals surface area contributed by atoms with Crippen LogP contribution in [0.15, 0.2) is 11.8 Å². The Labute approximate surface area is 54.9 Å². The molecule has 0 bridgehead atoms. The van der Waals surface area contributed by atoms with Crippen molar-refractivity contribution in [1.82, 2.24) is 5.32 Å². The molecule has 0 radical (unpaired) electrons. The van der Waals surface area contributed by atoms with E-state index in [1.165, 1.54) is 0 Å². The highest BCUT2D eigenvalue weighted by atomic mass is 16.1. The first-order valence-electron chi connectivity index (χ1n) is 2.90. The van der Waals surface area contributed by atoms with Crippen LogP contribution in [0.5, 0.6) is 0 Å². The number of nitrogens with two attached hydrogens (primary N) is 1. The maximum atomic E-state index is 10.4. The molecule has 0 aromatic rings. The van der Waals surface area contributed by atoms with E-state index in [0.717, 1.165) is 6.42 Å². The lowest BCUT2D eigenvalue weighted by atomic mass is 10.3. The van der Waals surface area contributed by atoms with Crippen LogP contribution >= 0.6 is 0 Å². The van der Waals surface area contributed by atoms with Crippen molar-refractivity contribution in [3.63, 3.8) is 0 Å². The largest absolute Gasteiger partial charge is 0.384 e. The van der Waals surface area contributed by atoms with Crippen molar-refractivity contribution in [1.29, 1.82) is 0 Å².